The van der Waals surface area contributed by atoms with Crippen LogP contribution in [0.2, 0.25) is 0 Å². The van der Waals surface area contributed by atoms with E-state index in [9.17, 15) is 4.79 Å². The second-order valence-electron chi connectivity index (χ2n) is 6.27. The lowest BCUT2D eigenvalue weighted by atomic mass is 9.96. The number of rotatable bonds is 4. The summed E-state index contributed by atoms with van der Waals surface area (Å²) in [6, 6.07) is 0. The van der Waals surface area contributed by atoms with Gasteiger partial charge >= 0.3 is 5.97 Å². The zero-order valence-corrected chi connectivity index (χ0v) is 13.4. The van der Waals surface area contributed by atoms with E-state index in [2.05, 4.69) is 14.8 Å². The Balaban J connectivity index is 1.88. The van der Waals surface area contributed by atoms with Crippen LogP contribution in [0.15, 0.2) is 0 Å². The fourth-order valence-corrected chi connectivity index (χ4v) is 3.35. The van der Waals surface area contributed by atoms with Crippen molar-refractivity contribution >= 4 is 5.97 Å². The average molecular weight is 309 g/mol. The van der Waals surface area contributed by atoms with Gasteiger partial charge in [-0.3, -0.25) is 4.79 Å². The number of carbonyl (C=O) groups is 1. The van der Waals surface area contributed by atoms with Gasteiger partial charge in [-0.2, -0.15) is 0 Å². The molecule has 0 spiro atoms. The van der Waals surface area contributed by atoms with Gasteiger partial charge in [0.1, 0.15) is 5.82 Å². The van der Waals surface area contributed by atoms with Crippen LogP contribution in [0.3, 0.4) is 0 Å². The quantitative estimate of drug-likeness (QED) is 0.774. The molecule has 0 aliphatic carbocycles. The first-order chi connectivity index (χ1) is 10.6. The van der Waals surface area contributed by atoms with Crippen molar-refractivity contribution in [1.29, 1.82) is 0 Å². The summed E-state index contributed by atoms with van der Waals surface area (Å²) in [6.45, 7) is 5.91. The van der Waals surface area contributed by atoms with Gasteiger partial charge in [-0.1, -0.05) is 0 Å². The van der Waals surface area contributed by atoms with E-state index in [0.717, 1.165) is 24.5 Å². The Morgan fingerprint density at radius 1 is 1.45 bits per heavy atom. The van der Waals surface area contributed by atoms with Gasteiger partial charge in [0.05, 0.1) is 32.3 Å². The molecule has 0 bridgehead atoms. The zero-order chi connectivity index (χ0) is 15.7. The molecule has 0 amide bonds. The molecule has 122 valence electrons. The molecular formula is C15H23N3O4. The van der Waals surface area contributed by atoms with Crippen molar-refractivity contribution in [1.82, 2.24) is 14.8 Å². The lowest BCUT2D eigenvalue weighted by molar-refractivity contribution is -0.146. The van der Waals surface area contributed by atoms with Crippen LogP contribution in [0.1, 0.15) is 38.3 Å². The highest BCUT2D eigenvalue weighted by atomic mass is 16.6. The highest BCUT2D eigenvalue weighted by molar-refractivity contribution is 5.72. The molecule has 0 N–H and O–H groups in total. The standard InChI is InChI=1S/C15H23N3O4/c1-10(2)22-15(5-7-21-9-15)14-17-16-12-8-11(13(19)20-3)4-6-18(12)14/h10-11H,4-9H2,1-3H3. The van der Waals surface area contributed by atoms with Crippen molar-refractivity contribution in [2.75, 3.05) is 20.3 Å². The number of fused-ring (bicyclic) bond motifs is 1. The van der Waals surface area contributed by atoms with Crippen molar-refractivity contribution in [3.05, 3.63) is 11.6 Å². The van der Waals surface area contributed by atoms with Gasteiger partial charge in [0.25, 0.3) is 0 Å². The van der Waals surface area contributed by atoms with Gasteiger partial charge < -0.3 is 18.8 Å². The number of methoxy groups -OCH3 is 1. The van der Waals surface area contributed by atoms with E-state index >= 15 is 0 Å². The minimum Gasteiger partial charge on any atom is -0.469 e. The predicted molar refractivity (Wildman–Crippen MR) is 77.2 cm³/mol. The first-order valence-corrected chi connectivity index (χ1v) is 7.81. The fourth-order valence-electron chi connectivity index (χ4n) is 3.35. The van der Waals surface area contributed by atoms with Crippen molar-refractivity contribution in [3.8, 4) is 0 Å². The zero-order valence-electron chi connectivity index (χ0n) is 13.4. The number of carbonyl (C=O) groups excluding carboxylic acids is 1. The molecule has 0 radical (unpaired) electrons. The summed E-state index contributed by atoms with van der Waals surface area (Å²) in [5.41, 5.74) is -0.516. The SMILES string of the molecule is COC(=O)C1CCn2c(nnc2C2(OC(C)C)CCOC2)C1. The third-order valence-corrected chi connectivity index (χ3v) is 4.35. The number of hydrogen-bond acceptors (Lipinski definition) is 6. The van der Waals surface area contributed by atoms with Crippen LogP contribution in [-0.2, 0) is 37.6 Å². The van der Waals surface area contributed by atoms with Crippen LogP contribution in [-0.4, -0.2) is 47.2 Å². The molecule has 2 atom stereocenters. The minimum absolute atomic E-state index is 0.0843. The summed E-state index contributed by atoms with van der Waals surface area (Å²) in [4.78, 5) is 11.7. The Morgan fingerprint density at radius 2 is 2.27 bits per heavy atom. The molecule has 2 aliphatic rings. The van der Waals surface area contributed by atoms with E-state index in [4.69, 9.17) is 14.2 Å². The fraction of sp³-hybridized carbons (Fsp3) is 0.800. The Hall–Kier alpha value is -1.47. The summed E-state index contributed by atoms with van der Waals surface area (Å²) in [5, 5.41) is 8.67. The Kier molecular flexibility index (Phi) is 4.18. The smallest absolute Gasteiger partial charge is 0.309 e. The Labute approximate surface area is 129 Å². The van der Waals surface area contributed by atoms with Crippen LogP contribution >= 0.6 is 0 Å². The first kappa shape index (κ1) is 15.4. The van der Waals surface area contributed by atoms with Crippen LogP contribution in [0, 0.1) is 5.92 Å². The first-order valence-electron chi connectivity index (χ1n) is 7.81. The molecule has 1 fully saturated rings. The maximum atomic E-state index is 11.7. The lowest BCUT2D eigenvalue weighted by Crippen LogP contribution is -2.38. The highest BCUT2D eigenvalue weighted by Gasteiger charge is 2.44. The molecule has 2 unspecified atom stereocenters. The largest absolute Gasteiger partial charge is 0.469 e. The molecule has 22 heavy (non-hydrogen) atoms. The average Bonchev–Trinajstić information content (AvgIpc) is 3.12. The van der Waals surface area contributed by atoms with Gasteiger partial charge in [-0.25, -0.2) is 0 Å². The molecule has 3 rings (SSSR count). The van der Waals surface area contributed by atoms with Gasteiger partial charge in [-0.05, 0) is 20.3 Å². The molecular weight excluding hydrogens is 286 g/mol. The summed E-state index contributed by atoms with van der Waals surface area (Å²) in [5.74, 6) is 1.36. The topological polar surface area (TPSA) is 75.5 Å². The van der Waals surface area contributed by atoms with Crippen LogP contribution in [0.5, 0.6) is 0 Å². The molecule has 1 aromatic rings. The number of hydrogen-bond donors (Lipinski definition) is 0. The van der Waals surface area contributed by atoms with Crippen molar-refractivity contribution < 1.29 is 19.0 Å². The number of aromatic nitrogens is 3. The molecule has 7 nitrogen and oxygen atoms in total. The van der Waals surface area contributed by atoms with Gasteiger partial charge in [0.2, 0.25) is 0 Å². The predicted octanol–water partition coefficient (Wildman–Crippen LogP) is 1.05. The number of esters is 1. The van der Waals surface area contributed by atoms with Gasteiger partial charge in [0, 0.05) is 19.4 Å². The van der Waals surface area contributed by atoms with Crippen molar-refractivity contribution in [3.63, 3.8) is 0 Å². The highest BCUT2D eigenvalue weighted by Crippen LogP contribution is 2.36. The van der Waals surface area contributed by atoms with Crippen LogP contribution in [0.4, 0.5) is 0 Å². The molecule has 2 aliphatic heterocycles. The summed E-state index contributed by atoms with van der Waals surface area (Å²) >= 11 is 0. The van der Waals surface area contributed by atoms with E-state index in [1.54, 1.807) is 0 Å². The van der Waals surface area contributed by atoms with E-state index in [-0.39, 0.29) is 18.0 Å². The Bertz CT molecular complexity index is 549. The number of nitrogens with zero attached hydrogens (tertiary/aromatic N) is 3. The molecule has 3 heterocycles. The van der Waals surface area contributed by atoms with Crippen molar-refractivity contribution in [2.45, 2.75) is 51.4 Å². The maximum absolute atomic E-state index is 11.7. The summed E-state index contributed by atoms with van der Waals surface area (Å²) < 4.78 is 18.7. The third kappa shape index (κ3) is 2.63. The van der Waals surface area contributed by atoms with E-state index in [1.807, 2.05) is 13.8 Å². The van der Waals surface area contributed by atoms with E-state index in [0.29, 0.717) is 26.2 Å². The minimum atomic E-state index is -0.516. The van der Waals surface area contributed by atoms with Gasteiger partial charge in [0.15, 0.2) is 11.4 Å². The second kappa shape index (κ2) is 5.96. The van der Waals surface area contributed by atoms with E-state index < -0.39 is 5.60 Å². The monoisotopic (exact) mass is 309 g/mol. The molecule has 0 saturated carbocycles. The molecule has 1 saturated heterocycles. The second-order valence-corrected chi connectivity index (χ2v) is 6.27. The van der Waals surface area contributed by atoms with Crippen LogP contribution in [0.25, 0.3) is 0 Å². The normalized spacial score (nSPS) is 27.9. The van der Waals surface area contributed by atoms with Crippen molar-refractivity contribution in [2.24, 2.45) is 5.92 Å². The maximum Gasteiger partial charge on any atom is 0.309 e. The van der Waals surface area contributed by atoms with E-state index in [1.165, 1.54) is 7.11 Å². The number of ether oxygens (including phenoxy) is 3. The lowest BCUT2D eigenvalue weighted by Gasteiger charge is -2.31. The van der Waals surface area contributed by atoms with Gasteiger partial charge in [-0.15, -0.1) is 10.2 Å². The third-order valence-electron chi connectivity index (χ3n) is 4.35. The summed E-state index contributed by atoms with van der Waals surface area (Å²) in [7, 11) is 1.43. The molecule has 1 aromatic heterocycles. The molecule has 7 heteroatoms. The van der Waals surface area contributed by atoms with Crippen LogP contribution < -0.4 is 0 Å². The summed E-state index contributed by atoms with van der Waals surface area (Å²) in [6.07, 6.45) is 2.17. The Morgan fingerprint density at radius 3 is 2.91 bits per heavy atom. The molecule has 0 aromatic carbocycles.